The molecule has 2 atom stereocenters. The highest BCUT2D eigenvalue weighted by atomic mass is 32.2. The maximum Gasteiger partial charge on any atom is 0.354 e. The number of nitrogens with zero attached hydrogens (tertiary/aromatic N) is 1. The first-order valence-electron chi connectivity index (χ1n) is 5.67. The summed E-state index contributed by atoms with van der Waals surface area (Å²) in [5.41, 5.74) is 0.943. The molecule has 1 aliphatic rings. The van der Waals surface area contributed by atoms with E-state index in [9.17, 15) is 4.79 Å². The van der Waals surface area contributed by atoms with Crippen molar-refractivity contribution in [3.05, 3.63) is 24.0 Å². The first kappa shape index (κ1) is 12.2. The third-order valence-corrected chi connectivity index (χ3v) is 4.16. The summed E-state index contributed by atoms with van der Waals surface area (Å²) in [5.74, 6) is -0.984. The minimum atomic E-state index is -0.984. The van der Waals surface area contributed by atoms with Crippen LogP contribution in [-0.4, -0.2) is 33.6 Å². The minimum Gasteiger partial charge on any atom is -0.477 e. The van der Waals surface area contributed by atoms with Gasteiger partial charge in [0.15, 0.2) is 0 Å². The molecule has 2 N–H and O–H groups in total. The van der Waals surface area contributed by atoms with Gasteiger partial charge in [-0.2, -0.15) is 11.8 Å². The van der Waals surface area contributed by atoms with Crippen LogP contribution < -0.4 is 5.32 Å². The summed E-state index contributed by atoms with van der Waals surface area (Å²) in [6.07, 6.45) is 7.20. The van der Waals surface area contributed by atoms with Gasteiger partial charge in [-0.3, -0.25) is 0 Å². The standard InChI is InChI=1S/C12H16N2O2S/c1-17-10-3-2-8(6-10)14-9-4-5-13-11(7-9)12(15)16/h4-5,7-8,10H,2-3,6H2,1H3,(H,13,14)(H,15,16). The number of anilines is 1. The maximum atomic E-state index is 10.8. The highest BCUT2D eigenvalue weighted by molar-refractivity contribution is 7.99. The van der Waals surface area contributed by atoms with Crippen LogP contribution in [-0.2, 0) is 0 Å². The Bertz CT molecular complexity index is 411. The third-order valence-electron chi connectivity index (χ3n) is 3.07. The average Bonchev–Trinajstić information content (AvgIpc) is 2.77. The van der Waals surface area contributed by atoms with Crippen molar-refractivity contribution in [2.75, 3.05) is 11.6 Å². The minimum absolute atomic E-state index is 0.0920. The van der Waals surface area contributed by atoms with E-state index >= 15 is 0 Å². The predicted molar refractivity (Wildman–Crippen MR) is 69.8 cm³/mol. The van der Waals surface area contributed by atoms with Gasteiger partial charge in [0.1, 0.15) is 5.69 Å². The fourth-order valence-corrected chi connectivity index (χ4v) is 2.95. The summed E-state index contributed by atoms with van der Waals surface area (Å²) in [4.78, 5) is 14.6. The van der Waals surface area contributed by atoms with Gasteiger partial charge in [0.05, 0.1) is 0 Å². The Morgan fingerprint density at radius 1 is 1.59 bits per heavy atom. The second kappa shape index (κ2) is 5.40. The lowest BCUT2D eigenvalue weighted by atomic mass is 10.2. The topological polar surface area (TPSA) is 62.2 Å². The number of pyridine rings is 1. The van der Waals surface area contributed by atoms with E-state index in [-0.39, 0.29) is 5.69 Å². The number of thioether (sulfide) groups is 1. The number of hydrogen-bond donors (Lipinski definition) is 2. The number of carboxylic acid groups (broad SMARTS) is 1. The zero-order valence-electron chi connectivity index (χ0n) is 9.72. The van der Waals surface area contributed by atoms with Crippen LogP contribution in [0.1, 0.15) is 29.8 Å². The summed E-state index contributed by atoms with van der Waals surface area (Å²) >= 11 is 1.91. The molecule has 0 saturated heterocycles. The highest BCUT2D eigenvalue weighted by Crippen LogP contribution is 2.30. The van der Waals surface area contributed by atoms with Gasteiger partial charge in [0.2, 0.25) is 0 Å². The molecule has 0 spiro atoms. The Hall–Kier alpha value is -1.23. The quantitative estimate of drug-likeness (QED) is 0.862. The van der Waals surface area contributed by atoms with E-state index in [1.165, 1.54) is 12.6 Å². The molecule has 0 bridgehead atoms. The normalized spacial score (nSPS) is 23.6. The van der Waals surface area contributed by atoms with Crippen molar-refractivity contribution in [2.45, 2.75) is 30.6 Å². The zero-order valence-corrected chi connectivity index (χ0v) is 10.5. The van der Waals surface area contributed by atoms with E-state index in [1.54, 1.807) is 6.07 Å². The Morgan fingerprint density at radius 3 is 3.06 bits per heavy atom. The van der Waals surface area contributed by atoms with Crippen LogP contribution in [0.15, 0.2) is 18.3 Å². The van der Waals surface area contributed by atoms with E-state index in [2.05, 4.69) is 16.6 Å². The molecule has 2 rings (SSSR count). The summed E-state index contributed by atoms with van der Waals surface area (Å²) in [5, 5.41) is 13.0. The summed E-state index contributed by atoms with van der Waals surface area (Å²) < 4.78 is 0. The molecule has 1 fully saturated rings. The van der Waals surface area contributed by atoms with Crippen LogP contribution in [0.25, 0.3) is 0 Å². The molecular formula is C12H16N2O2S. The molecule has 92 valence electrons. The first-order chi connectivity index (χ1) is 8.19. The lowest BCUT2D eigenvalue weighted by Gasteiger charge is -2.14. The van der Waals surface area contributed by atoms with Gasteiger partial charge in [0, 0.05) is 23.2 Å². The van der Waals surface area contributed by atoms with Crippen molar-refractivity contribution < 1.29 is 9.90 Å². The second-order valence-corrected chi connectivity index (χ2v) is 5.39. The molecular weight excluding hydrogens is 236 g/mol. The van der Waals surface area contributed by atoms with Gasteiger partial charge in [0.25, 0.3) is 0 Å². The lowest BCUT2D eigenvalue weighted by Crippen LogP contribution is -2.16. The first-order valence-corrected chi connectivity index (χ1v) is 6.96. The Labute approximate surface area is 105 Å². The van der Waals surface area contributed by atoms with Crippen molar-refractivity contribution in [1.29, 1.82) is 0 Å². The van der Waals surface area contributed by atoms with Crippen LogP contribution in [0.4, 0.5) is 5.69 Å². The molecule has 4 nitrogen and oxygen atoms in total. The maximum absolute atomic E-state index is 10.8. The molecule has 0 amide bonds. The number of rotatable bonds is 4. The van der Waals surface area contributed by atoms with Crippen LogP contribution in [0.5, 0.6) is 0 Å². The van der Waals surface area contributed by atoms with Gasteiger partial charge >= 0.3 is 5.97 Å². The molecule has 0 radical (unpaired) electrons. The van der Waals surface area contributed by atoms with Crippen molar-refractivity contribution in [3.8, 4) is 0 Å². The van der Waals surface area contributed by atoms with Crippen LogP contribution in [0.3, 0.4) is 0 Å². The molecule has 1 aromatic heterocycles. The number of hydrogen-bond acceptors (Lipinski definition) is 4. The van der Waals surface area contributed by atoms with E-state index in [0.717, 1.165) is 23.8 Å². The molecule has 1 aromatic rings. The van der Waals surface area contributed by atoms with Crippen molar-refractivity contribution in [3.63, 3.8) is 0 Å². The van der Waals surface area contributed by atoms with E-state index in [4.69, 9.17) is 5.11 Å². The molecule has 2 unspecified atom stereocenters. The SMILES string of the molecule is CSC1CCC(Nc2ccnc(C(=O)O)c2)C1. The molecule has 1 heterocycles. The lowest BCUT2D eigenvalue weighted by molar-refractivity contribution is 0.0690. The third kappa shape index (κ3) is 3.12. The van der Waals surface area contributed by atoms with E-state index in [1.807, 2.05) is 17.8 Å². The largest absolute Gasteiger partial charge is 0.477 e. The monoisotopic (exact) mass is 252 g/mol. The average molecular weight is 252 g/mol. The van der Waals surface area contributed by atoms with E-state index < -0.39 is 5.97 Å². The van der Waals surface area contributed by atoms with Gasteiger partial charge in [-0.1, -0.05) is 0 Å². The zero-order chi connectivity index (χ0) is 12.3. The smallest absolute Gasteiger partial charge is 0.354 e. The number of aromatic nitrogens is 1. The predicted octanol–water partition coefficient (Wildman–Crippen LogP) is 2.48. The molecule has 1 saturated carbocycles. The van der Waals surface area contributed by atoms with Gasteiger partial charge in [-0.15, -0.1) is 0 Å². The van der Waals surface area contributed by atoms with Crippen molar-refractivity contribution in [1.82, 2.24) is 4.98 Å². The number of carboxylic acids is 1. The fourth-order valence-electron chi connectivity index (χ4n) is 2.16. The van der Waals surface area contributed by atoms with Crippen LogP contribution in [0, 0.1) is 0 Å². The van der Waals surface area contributed by atoms with Crippen LogP contribution >= 0.6 is 11.8 Å². The highest BCUT2D eigenvalue weighted by Gasteiger charge is 2.23. The second-order valence-electron chi connectivity index (χ2n) is 4.25. The molecule has 5 heteroatoms. The molecule has 0 aromatic carbocycles. The molecule has 1 aliphatic carbocycles. The van der Waals surface area contributed by atoms with Gasteiger partial charge in [-0.25, -0.2) is 9.78 Å². The fraction of sp³-hybridized carbons (Fsp3) is 0.500. The summed E-state index contributed by atoms with van der Waals surface area (Å²) in [7, 11) is 0. The summed E-state index contributed by atoms with van der Waals surface area (Å²) in [6.45, 7) is 0. The number of carbonyl (C=O) groups is 1. The van der Waals surface area contributed by atoms with Crippen molar-refractivity contribution >= 4 is 23.4 Å². The van der Waals surface area contributed by atoms with Gasteiger partial charge < -0.3 is 10.4 Å². The Kier molecular flexibility index (Phi) is 3.89. The van der Waals surface area contributed by atoms with Crippen molar-refractivity contribution in [2.24, 2.45) is 0 Å². The Morgan fingerprint density at radius 2 is 2.41 bits per heavy atom. The van der Waals surface area contributed by atoms with E-state index in [0.29, 0.717) is 6.04 Å². The Balaban J connectivity index is 1.99. The van der Waals surface area contributed by atoms with Gasteiger partial charge in [-0.05, 0) is 37.7 Å². The number of aromatic carboxylic acids is 1. The molecule has 0 aliphatic heterocycles. The van der Waals surface area contributed by atoms with Crippen LogP contribution in [0.2, 0.25) is 0 Å². The summed E-state index contributed by atoms with van der Waals surface area (Å²) in [6, 6.07) is 3.87. The number of nitrogens with one attached hydrogen (secondary N) is 1. The molecule has 17 heavy (non-hydrogen) atoms.